The van der Waals surface area contributed by atoms with Crippen LogP contribution < -0.4 is 0 Å². The lowest BCUT2D eigenvalue weighted by Crippen LogP contribution is -2.37. The quantitative estimate of drug-likeness (QED) is 0.662. The van der Waals surface area contributed by atoms with Gasteiger partial charge in [-0.15, -0.1) is 5.73 Å². The molecule has 0 amide bonds. The van der Waals surface area contributed by atoms with Gasteiger partial charge in [-0.3, -0.25) is 0 Å². The van der Waals surface area contributed by atoms with Crippen molar-refractivity contribution in [1.82, 2.24) is 4.90 Å². The molecule has 0 radical (unpaired) electrons. The molecule has 0 saturated carbocycles. The van der Waals surface area contributed by atoms with Crippen LogP contribution in [0.25, 0.3) is 0 Å². The van der Waals surface area contributed by atoms with Gasteiger partial charge < -0.3 is 4.90 Å². The molecule has 0 spiro atoms. The summed E-state index contributed by atoms with van der Waals surface area (Å²) in [6.45, 7) is 5.97. The maximum Gasteiger partial charge on any atom is 0.0214 e. The number of hydrogen-bond donors (Lipinski definition) is 0. The molecule has 0 bridgehead atoms. The van der Waals surface area contributed by atoms with E-state index in [1.54, 1.807) is 0 Å². The number of piperidine rings is 1. The van der Waals surface area contributed by atoms with Crippen LogP contribution in [0.5, 0.6) is 0 Å². The van der Waals surface area contributed by atoms with E-state index in [0.717, 1.165) is 18.9 Å². The lowest BCUT2D eigenvalue weighted by atomic mass is 9.87. The van der Waals surface area contributed by atoms with Crippen LogP contribution in [-0.2, 0) is 0 Å². The van der Waals surface area contributed by atoms with Gasteiger partial charge in [-0.1, -0.05) is 55.5 Å². The third-order valence-electron chi connectivity index (χ3n) is 5.00. The van der Waals surface area contributed by atoms with Crippen molar-refractivity contribution in [2.45, 2.75) is 26.2 Å². The number of likely N-dealkylation sites (tertiary alicyclic amines) is 1. The van der Waals surface area contributed by atoms with Gasteiger partial charge in [-0.05, 0) is 61.6 Å². The second kappa shape index (κ2) is 8.15. The third-order valence-corrected chi connectivity index (χ3v) is 5.00. The van der Waals surface area contributed by atoms with Crippen molar-refractivity contribution >= 4 is 0 Å². The van der Waals surface area contributed by atoms with E-state index in [9.17, 15) is 0 Å². The molecule has 1 heterocycles. The summed E-state index contributed by atoms with van der Waals surface area (Å²) in [5.74, 6) is 1.33. The standard InChI is InChI=1S/C22H27N/c1-19-14-16-23(17-15-19)18-22(20-10-6-2-3-7-11-20)21-12-8-4-5-9-13-21/h2-4,6,8-13,19,22H,7,14-18H2,1H3. The molecule has 1 unspecified atom stereocenters. The SMILES string of the molecule is CC1CCN(CC(C2=CC=C=CC=C2)C2=CCC=CC=C2)CC1. The smallest absolute Gasteiger partial charge is 0.0214 e. The Morgan fingerprint density at radius 1 is 1.09 bits per heavy atom. The molecule has 0 aromatic carbocycles. The van der Waals surface area contributed by atoms with Crippen LogP contribution in [0.3, 0.4) is 0 Å². The highest BCUT2D eigenvalue weighted by atomic mass is 15.1. The molecule has 0 aromatic heterocycles. The van der Waals surface area contributed by atoms with E-state index in [4.69, 9.17) is 0 Å². The molecular formula is C22H27N. The molecule has 1 saturated heterocycles. The normalized spacial score (nSPS) is 23.3. The summed E-state index contributed by atoms with van der Waals surface area (Å²) in [5.41, 5.74) is 6.02. The van der Waals surface area contributed by atoms with Gasteiger partial charge in [0.1, 0.15) is 0 Å². The molecule has 1 aliphatic heterocycles. The molecule has 0 aromatic rings. The van der Waals surface area contributed by atoms with E-state index >= 15 is 0 Å². The summed E-state index contributed by atoms with van der Waals surface area (Å²) in [4.78, 5) is 2.65. The minimum atomic E-state index is 0.445. The average Bonchev–Trinajstić information content (AvgIpc) is 2.99. The monoisotopic (exact) mass is 305 g/mol. The average molecular weight is 305 g/mol. The molecule has 120 valence electrons. The topological polar surface area (TPSA) is 3.24 Å². The van der Waals surface area contributed by atoms with Crippen LogP contribution in [0.4, 0.5) is 0 Å². The van der Waals surface area contributed by atoms with Gasteiger partial charge in [0.2, 0.25) is 0 Å². The van der Waals surface area contributed by atoms with Crippen LogP contribution in [0.1, 0.15) is 26.2 Å². The van der Waals surface area contributed by atoms with Crippen molar-refractivity contribution < 1.29 is 0 Å². The first-order valence-electron chi connectivity index (χ1n) is 8.88. The summed E-state index contributed by atoms with van der Waals surface area (Å²) >= 11 is 0. The molecule has 3 rings (SSSR count). The zero-order valence-electron chi connectivity index (χ0n) is 14.1. The fraction of sp³-hybridized carbons (Fsp3) is 0.409. The van der Waals surface area contributed by atoms with Gasteiger partial charge in [-0.25, -0.2) is 0 Å². The first-order chi connectivity index (χ1) is 11.3. The van der Waals surface area contributed by atoms with Crippen molar-refractivity contribution in [3.63, 3.8) is 0 Å². The largest absolute Gasteiger partial charge is 0.302 e. The molecule has 2 aliphatic carbocycles. The number of nitrogens with zero attached hydrogens (tertiary/aromatic N) is 1. The Kier molecular flexibility index (Phi) is 5.69. The molecule has 1 fully saturated rings. The Labute approximate surface area is 140 Å². The molecule has 23 heavy (non-hydrogen) atoms. The lowest BCUT2D eigenvalue weighted by Gasteiger charge is -2.34. The summed E-state index contributed by atoms with van der Waals surface area (Å²) in [5, 5.41) is 0. The van der Waals surface area contributed by atoms with Gasteiger partial charge in [0.15, 0.2) is 0 Å². The highest BCUT2D eigenvalue weighted by Gasteiger charge is 2.23. The zero-order valence-corrected chi connectivity index (χ0v) is 14.1. The number of rotatable bonds is 4. The van der Waals surface area contributed by atoms with Gasteiger partial charge in [-0.2, -0.15) is 0 Å². The maximum absolute atomic E-state index is 3.18. The number of hydrogen-bond acceptors (Lipinski definition) is 1. The zero-order chi connectivity index (χ0) is 15.9. The van der Waals surface area contributed by atoms with Crippen LogP contribution in [0.15, 0.2) is 77.6 Å². The van der Waals surface area contributed by atoms with Crippen LogP contribution in [0.2, 0.25) is 0 Å². The van der Waals surface area contributed by atoms with E-state index in [2.05, 4.69) is 66.2 Å². The van der Waals surface area contributed by atoms with Gasteiger partial charge >= 0.3 is 0 Å². The Bertz CT molecular complexity index is 612. The van der Waals surface area contributed by atoms with Crippen molar-refractivity contribution in [1.29, 1.82) is 0 Å². The van der Waals surface area contributed by atoms with E-state index in [1.807, 2.05) is 12.2 Å². The van der Waals surface area contributed by atoms with E-state index in [-0.39, 0.29) is 0 Å². The molecule has 0 N–H and O–H groups in total. The van der Waals surface area contributed by atoms with Crippen LogP contribution >= 0.6 is 0 Å². The first-order valence-corrected chi connectivity index (χ1v) is 8.88. The summed E-state index contributed by atoms with van der Waals surface area (Å²) in [6, 6.07) is 0. The molecule has 1 atom stereocenters. The molecule has 3 aliphatic rings. The second-order valence-corrected chi connectivity index (χ2v) is 6.79. The van der Waals surface area contributed by atoms with Crippen LogP contribution in [0, 0.1) is 11.8 Å². The van der Waals surface area contributed by atoms with Crippen molar-refractivity contribution in [2.24, 2.45) is 11.8 Å². The van der Waals surface area contributed by atoms with Gasteiger partial charge in [0.25, 0.3) is 0 Å². The first kappa shape index (κ1) is 16.1. The molecular weight excluding hydrogens is 278 g/mol. The molecule has 1 heteroatoms. The maximum atomic E-state index is 3.18. The predicted molar refractivity (Wildman–Crippen MR) is 99.2 cm³/mol. The Morgan fingerprint density at radius 3 is 2.78 bits per heavy atom. The van der Waals surface area contributed by atoms with Gasteiger partial charge in [0, 0.05) is 12.5 Å². The summed E-state index contributed by atoms with van der Waals surface area (Å²) in [6.07, 6.45) is 25.5. The Balaban J connectivity index is 1.80. The summed E-state index contributed by atoms with van der Waals surface area (Å²) in [7, 11) is 0. The fourth-order valence-electron chi connectivity index (χ4n) is 3.46. The Morgan fingerprint density at radius 2 is 1.91 bits per heavy atom. The highest BCUT2D eigenvalue weighted by molar-refractivity contribution is 5.41. The van der Waals surface area contributed by atoms with Crippen molar-refractivity contribution in [3.05, 3.63) is 77.6 Å². The minimum absolute atomic E-state index is 0.445. The third kappa shape index (κ3) is 4.58. The second-order valence-electron chi connectivity index (χ2n) is 6.79. The summed E-state index contributed by atoms with van der Waals surface area (Å²) < 4.78 is 0. The van der Waals surface area contributed by atoms with Crippen molar-refractivity contribution in [3.8, 4) is 0 Å². The van der Waals surface area contributed by atoms with E-state index < -0.39 is 0 Å². The van der Waals surface area contributed by atoms with E-state index in [0.29, 0.717) is 5.92 Å². The predicted octanol–water partition coefficient (Wildman–Crippen LogP) is 4.98. The minimum Gasteiger partial charge on any atom is -0.302 e. The van der Waals surface area contributed by atoms with Crippen LogP contribution in [-0.4, -0.2) is 24.5 Å². The highest BCUT2D eigenvalue weighted by Crippen LogP contribution is 2.28. The fourth-order valence-corrected chi connectivity index (χ4v) is 3.46. The van der Waals surface area contributed by atoms with Gasteiger partial charge in [0.05, 0.1) is 0 Å². The number of allylic oxidation sites excluding steroid dienone is 9. The van der Waals surface area contributed by atoms with E-state index in [1.165, 1.54) is 37.1 Å². The lowest BCUT2D eigenvalue weighted by molar-refractivity contribution is 0.182. The Hall–Kier alpha value is -1.82. The molecule has 1 nitrogen and oxygen atoms in total. The van der Waals surface area contributed by atoms with Crippen molar-refractivity contribution in [2.75, 3.05) is 19.6 Å².